The fourth-order valence-electron chi connectivity index (χ4n) is 3.58. The van der Waals surface area contributed by atoms with Gasteiger partial charge in [0.05, 0.1) is 6.42 Å². The summed E-state index contributed by atoms with van der Waals surface area (Å²) in [5, 5.41) is 9.08. The van der Waals surface area contributed by atoms with E-state index in [1.165, 1.54) is 5.56 Å². The molecule has 1 saturated carbocycles. The average molecular weight is 261 g/mol. The minimum absolute atomic E-state index is 0.190. The highest BCUT2D eigenvalue weighted by Gasteiger charge is 2.43. The van der Waals surface area contributed by atoms with E-state index in [1.54, 1.807) is 0 Å². The van der Waals surface area contributed by atoms with Crippen molar-refractivity contribution in [2.75, 3.05) is 6.54 Å². The molecular formula is C16H23NO2. The molecule has 1 aromatic rings. The summed E-state index contributed by atoms with van der Waals surface area (Å²) in [6, 6.07) is 10.4. The van der Waals surface area contributed by atoms with Gasteiger partial charge < -0.3 is 10.8 Å². The van der Waals surface area contributed by atoms with Gasteiger partial charge >= 0.3 is 5.97 Å². The molecule has 0 saturated heterocycles. The standard InChI is InChI=1S/C16H23NO2/c1-12-8-16(11-17,10-15(18)19)9-14(12)7-13-5-3-2-4-6-13/h2-6,12,14H,7-11,17H2,1H3,(H,18,19)/t12-,14+,16-/m0/s1. The Hall–Kier alpha value is -1.35. The molecule has 1 fully saturated rings. The van der Waals surface area contributed by atoms with Crippen molar-refractivity contribution >= 4 is 5.97 Å². The van der Waals surface area contributed by atoms with E-state index in [4.69, 9.17) is 10.8 Å². The Morgan fingerprint density at radius 3 is 2.63 bits per heavy atom. The summed E-state index contributed by atoms with van der Waals surface area (Å²) in [6.45, 7) is 2.71. The summed E-state index contributed by atoms with van der Waals surface area (Å²) in [5.41, 5.74) is 7.02. The van der Waals surface area contributed by atoms with Crippen molar-refractivity contribution in [1.29, 1.82) is 0 Å². The van der Waals surface area contributed by atoms with Crippen molar-refractivity contribution in [3.8, 4) is 0 Å². The van der Waals surface area contributed by atoms with Gasteiger partial charge in [0.15, 0.2) is 0 Å². The largest absolute Gasteiger partial charge is 0.481 e. The van der Waals surface area contributed by atoms with Crippen LogP contribution in [0.2, 0.25) is 0 Å². The zero-order chi connectivity index (χ0) is 13.9. The number of rotatable bonds is 5. The molecule has 3 nitrogen and oxygen atoms in total. The van der Waals surface area contributed by atoms with Crippen molar-refractivity contribution in [3.63, 3.8) is 0 Å². The van der Waals surface area contributed by atoms with Crippen molar-refractivity contribution < 1.29 is 9.90 Å². The van der Waals surface area contributed by atoms with Crippen LogP contribution in [0.3, 0.4) is 0 Å². The third-order valence-electron chi connectivity index (χ3n) is 4.55. The highest BCUT2D eigenvalue weighted by atomic mass is 16.4. The van der Waals surface area contributed by atoms with Crippen molar-refractivity contribution in [1.82, 2.24) is 0 Å². The van der Waals surface area contributed by atoms with Crippen LogP contribution in [-0.4, -0.2) is 17.6 Å². The molecule has 1 aliphatic carbocycles. The van der Waals surface area contributed by atoms with Crippen LogP contribution in [0.4, 0.5) is 0 Å². The molecule has 0 radical (unpaired) electrons. The third-order valence-corrected chi connectivity index (χ3v) is 4.55. The normalized spacial score (nSPS) is 30.4. The third kappa shape index (κ3) is 3.35. The van der Waals surface area contributed by atoms with E-state index in [-0.39, 0.29) is 11.8 Å². The summed E-state index contributed by atoms with van der Waals surface area (Å²) in [5.74, 6) is 0.367. The van der Waals surface area contributed by atoms with Crippen molar-refractivity contribution in [3.05, 3.63) is 35.9 Å². The molecule has 3 heteroatoms. The molecule has 0 amide bonds. The van der Waals surface area contributed by atoms with E-state index in [9.17, 15) is 4.79 Å². The molecule has 3 N–H and O–H groups in total. The van der Waals surface area contributed by atoms with Gasteiger partial charge in [-0.1, -0.05) is 37.3 Å². The first-order valence-electron chi connectivity index (χ1n) is 7.00. The first-order chi connectivity index (χ1) is 9.04. The average Bonchev–Trinajstić information content (AvgIpc) is 2.67. The monoisotopic (exact) mass is 261 g/mol. The first-order valence-corrected chi connectivity index (χ1v) is 7.00. The summed E-state index contributed by atoms with van der Waals surface area (Å²) >= 11 is 0. The number of carboxylic acid groups (broad SMARTS) is 1. The summed E-state index contributed by atoms with van der Waals surface area (Å²) < 4.78 is 0. The smallest absolute Gasteiger partial charge is 0.303 e. The van der Waals surface area contributed by atoms with Gasteiger partial charge in [-0.3, -0.25) is 4.79 Å². The Bertz CT molecular complexity index is 432. The molecule has 0 heterocycles. The zero-order valence-corrected chi connectivity index (χ0v) is 11.5. The van der Waals surface area contributed by atoms with Gasteiger partial charge in [0.2, 0.25) is 0 Å². The van der Waals surface area contributed by atoms with E-state index in [0.29, 0.717) is 18.4 Å². The Morgan fingerprint density at radius 2 is 2.05 bits per heavy atom. The quantitative estimate of drug-likeness (QED) is 0.856. The lowest BCUT2D eigenvalue weighted by Gasteiger charge is -2.25. The molecule has 0 aromatic heterocycles. The summed E-state index contributed by atoms with van der Waals surface area (Å²) in [6.07, 6.45) is 3.11. The van der Waals surface area contributed by atoms with Crippen LogP contribution in [0.1, 0.15) is 31.7 Å². The molecule has 1 aromatic carbocycles. The molecule has 0 unspecified atom stereocenters. The maximum absolute atomic E-state index is 11.0. The van der Waals surface area contributed by atoms with Crippen LogP contribution in [0, 0.1) is 17.3 Å². The van der Waals surface area contributed by atoms with Gasteiger partial charge in [0, 0.05) is 0 Å². The molecule has 3 atom stereocenters. The number of hydrogen-bond acceptors (Lipinski definition) is 2. The SMILES string of the molecule is C[C@H]1C[C@@](CN)(CC(=O)O)C[C@H]1Cc1ccccc1. The Morgan fingerprint density at radius 1 is 1.37 bits per heavy atom. The van der Waals surface area contributed by atoms with Crippen LogP contribution in [0.5, 0.6) is 0 Å². The van der Waals surface area contributed by atoms with E-state index in [0.717, 1.165) is 19.3 Å². The topological polar surface area (TPSA) is 63.3 Å². The summed E-state index contributed by atoms with van der Waals surface area (Å²) in [4.78, 5) is 11.0. The maximum Gasteiger partial charge on any atom is 0.303 e. The van der Waals surface area contributed by atoms with Crippen LogP contribution in [0.25, 0.3) is 0 Å². The predicted octanol–water partition coefficient (Wildman–Crippen LogP) is 2.70. The van der Waals surface area contributed by atoms with E-state index < -0.39 is 5.97 Å². The second-order valence-electron chi connectivity index (χ2n) is 6.11. The van der Waals surface area contributed by atoms with Crippen LogP contribution < -0.4 is 5.73 Å². The Kier molecular flexibility index (Phi) is 4.25. The number of carbonyl (C=O) groups is 1. The van der Waals surface area contributed by atoms with Crippen LogP contribution in [-0.2, 0) is 11.2 Å². The molecule has 0 bridgehead atoms. The number of nitrogens with two attached hydrogens (primary N) is 1. The maximum atomic E-state index is 11.0. The molecule has 2 rings (SSSR count). The van der Waals surface area contributed by atoms with Gasteiger partial charge in [-0.25, -0.2) is 0 Å². The molecule has 19 heavy (non-hydrogen) atoms. The predicted molar refractivity (Wildman–Crippen MR) is 75.8 cm³/mol. The first kappa shape index (κ1) is 14.1. The van der Waals surface area contributed by atoms with E-state index >= 15 is 0 Å². The van der Waals surface area contributed by atoms with Crippen LogP contribution in [0.15, 0.2) is 30.3 Å². The lowest BCUT2D eigenvalue weighted by molar-refractivity contribution is -0.139. The lowest BCUT2D eigenvalue weighted by atomic mass is 9.81. The Labute approximate surface area is 114 Å². The highest BCUT2D eigenvalue weighted by molar-refractivity contribution is 5.67. The van der Waals surface area contributed by atoms with Gasteiger partial charge in [-0.2, -0.15) is 0 Å². The fourth-order valence-corrected chi connectivity index (χ4v) is 3.58. The van der Waals surface area contributed by atoms with Gasteiger partial charge in [0.25, 0.3) is 0 Å². The molecule has 104 valence electrons. The number of aliphatic carboxylic acids is 1. The Balaban J connectivity index is 2.06. The zero-order valence-electron chi connectivity index (χ0n) is 11.5. The van der Waals surface area contributed by atoms with E-state index in [1.807, 2.05) is 6.07 Å². The summed E-state index contributed by atoms with van der Waals surface area (Å²) in [7, 11) is 0. The second kappa shape index (κ2) is 5.74. The molecular weight excluding hydrogens is 238 g/mol. The second-order valence-corrected chi connectivity index (χ2v) is 6.11. The minimum Gasteiger partial charge on any atom is -0.481 e. The number of carboxylic acids is 1. The molecule has 0 aliphatic heterocycles. The van der Waals surface area contributed by atoms with E-state index in [2.05, 4.69) is 31.2 Å². The number of benzene rings is 1. The number of hydrogen-bond donors (Lipinski definition) is 2. The minimum atomic E-state index is -0.724. The molecule has 1 aliphatic rings. The molecule has 0 spiro atoms. The van der Waals surface area contributed by atoms with Gasteiger partial charge in [0.1, 0.15) is 0 Å². The van der Waals surface area contributed by atoms with Gasteiger partial charge in [-0.05, 0) is 48.6 Å². The fraction of sp³-hybridized carbons (Fsp3) is 0.562. The lowest BCUT2D eigenvalue weighted by Crippen LogP contribution is -2.30. The van der Waals surface area contributed by atoms with Gasteiger partial charge in [-0.15, -0.1) is 0 Å². The van der Waals surface area contributed by atoms with Crippen molar-refractivity contribution in [2.45, 2.75) is 32.6 Å². The highest BCUT2D eigenvalue weighted by Crippen LogP contribution is 2.48. The van der Waals surface area contributed by atoms with Crippen molar-refractivity contribution in [2.24, 2.45) is 23.0 Å². The van der Waals surface area contributed by atoms with Crippen LogP contribution >= 0.6 is 0 Å².